The molecule has 2 heterocycles. The van der Waals surface area contributed by atoms with Crippen LogP contribution in [-0.4, -0.2) is 15.2 Å². The number of ether oxygens (including phenoxy) is 2. The molecule has 0 fully saturated rings. The van der Waals surface area contributed by atoms with Crippen LogP contribution in [0.15, 0.2) is 77.4 Å². The Labute approximate surface area is 159 Å². The van der Waals surface area contributed by atoms with Crippen molar-refractivity contribution in [3.8, 4) is 34.6 Å². The largest absolute Gasteiger partial charge is 0.491 e. The predicted octanol–water partition coefficient (Wildman–Crippen LogP) is 4.95. The molecule has 6 nitrogen and oxygen atoms in total. The number of rotatable bonds is 6. The number of pyridine rings is 1. The first-order valence-corrected chi connectivity index (χ1v) is 8.44. The molecule has 7 heteroatoms. The highest BCUT2D eigenvalue weighted by Crippen LogP contribution is 2.29. The van der Waals surface area contributed by atoms with Crippen LogP contribution < -0.4 is 9.47 Å². The third-order valence-electron chi connectivity index (χ3n) is 3.90. The lowest BCUT2D eigenvalue weighted by atomic mass is 10.1. The number of hydrogen-bond donors (Lipinski definition) is 1. The van der Waals surface area contributed by atoms with Crippen LogP contribution in [0.4, 0.5) is 4.39 Å². The van der Waals surface area contributed by atoms with Gasteiger partial charge in [-0.3, -0.25) is 0 Å². The molecule has 140 valence electrons. The fourth-order valence-electron chi connectivity index (χ4n) is 2.55. The number of hydrogen-bond acceptors (Lipinski definition) is 6. The number of aromatic nitrogens is 2. The molecule has 0 aliphatic rings. The Balaban J connectivity index is 1.49. The second-order valence-electron chi connectivity index (χ2n) is 5.87. The van der Waals surface area contributed by atoms with E-state index in [9.17, 15) is 9.50 Å². The quantitative estimate of drug-likeness (QED) is 0.511. The number of halogens is 1. The zero-order valence-corrected chi connectivity index (χ0v) is 14.6. The van der Waals surface area contributed by atoms with Gasteiger partial charge in [0.2, 0.25) is 5.88 Å². The molecule has 0 unspecified atom stereocenters. The lowest BCUT2D eigenvalue weighted by molar-refractivity contribution is 0.284. The van der Waals surface area contributed by atoms with Crippen LogP contribution in [0, 0.1) is 5.82 Å². The molecule has 2 aromatic heterocycles. The summed E-state index contributed by atoms with van der Waals surface area (Å²) in [5.41, 5.74) is 1.11. The van der Waals surface area contributed by atoms with E-state index in [1.807, 2.05) is 30.3 Å². The monoisotopic (exact) mass is 378 g/mol. The van der Waals surface area contributed by atoms with Crippen molar-refractivity contribution < 1.29 is 23.5 Å². The van der Waals surface area contributed by atoms with Gasteiger partial charge in [0.1, 0.15) is 12.4 Å². The van der Waals surface area contributed by atoms with Crippen LogP contribution in [-0.2, 0) is 6.61 Å². The molecule has 0 aliphatic carbocycles. The molecule has 28 heavy (non-hydrogen) atoms. The Morgan fingerprint density at radius 1 is 1.00 bits per heavy atom. The first-order chi connectivity index (χ1) is 13.7. The summed E-state index contributed by atoms with van der Waals surface area (Å²) in [7, 11) is 0. The summed E-state index contributed by atoms with van der Waals surface area (Å²) in [6.07, 6.45) is 1.62. The minimum atomic E-state index is -0.567. The van der Waals surface area contributed by atoms with Gasteiger partial charge in [0.15, 0.2) is 17.3 Å². The van der Waals surface area contributed by atoms with E-state index >= 15 is 0 Å². The van der Waals surface area contributed by atoms with Crippen molar-refractivity contribution in [2.45, 2.75) is 6.61 Å². The van der Waals surface area contributed by atoms with Crippen LogP contribution in [0.25, 0.3) is 11.3 Å². The summed E-state index contributed by atoms with van der Waals surface area (Å²) in [4.78, 5) is 4.23. The minimum Gasteiger partial charge on any atom is -0.491 e. The Morgan fingerprint density at radius 2 is 1.86 bits per heavy atom. The minimum absolute atomic E-state index is 0.0713. The van der Waals surface area contributed by atoms with Gasteiger partial charge in [-0.2, -0.15) is 0 Å². The van der Waals surface area contributed by atoms with Crippen molar-refractivity contribution in [1.29, 1.82) is 0 Å². The van der Waals surface area contributed by atoms with E-state index in [1.165, 1.54) is 18.2 Å². The van der Waals surface area contributed by atoms with E-state index in [4.69, 9.17) is 14.0 Å². The first-order valence-electron chi connectivity index (χ1n) is 8.44. The topological polar surface area (TPSA) is 77.6 Å². The third-order valence-corrected chi connectivity index (χ3v) is 3.90. The molecule has 0 spiro atoms. The second-order valence-corrected chi connectivity index (χ2v) is 5.87. The highest BCUT2D eigenvalue weighted by molar-refractivity contribution is 5.59. The van der Waals surface area contributed by atoms with E-state index < -0.39 is 5.82 Å². The molecule has 0 saturated heterocycles. The average Bonchev–Trinajstić information content (AvgIpc) is 3.15. The predicted molar refractivity (Wildman–Crippen MR) is 98.6 cm³/mol. The first kappa shape index (κ1) is 17.5. The van der Waals surface area contributed by atoms with Gasteiger partial charge in [-0.15, -0.1) is 0 Å². The van der Waals surface area contributed by atoms with Crippen molar-refractivity contribution in [3.05, 3.63) is 84.3 Å². The molecular weight excluding hydrogens is 363 g/mol. The molecule has 1 N–H and O–H groups in total. The maximum Gasteiger partial charge on any atom is 0.252 e. The summed E-state index contributed by atoms with van der Waals surface area (Å²) < 4.78 is 30.7. The maximum absolute atomic E-state index is 14.4. The van der Waals surface area contributed by atoms with Gasteiger partial charge in [-0.25, -0.2) is 9.37 Å². The van der Waals surface area contributed by atoms with Crippen LogP contribution in [0.5, 0.6) is 23.3 Å². The van der Waals surface area contributed by atoms with Gasteiger partial charge >= 0.3 is 0 Å². The van der Waals surface area contributed by atoms with Crippen molar-refractivity contribution in [1.82, 2.24) is 10.1 Å². The van der Waals surface area contributed by atoms with Crippen LogP contribution in [0.3, 0.4) is 0 Å². The number of benzene rings is 2. The Morgan fingerprint density at radius 3 is 2.61 bits per heavy atom. The van der Waals surface area contributed by atoms with E-state index in [-0.39, 0.29) is 24.0 Å². The number of aromatic hydroxyl groups is 1. The normalized spacial score (nSPS) is 10.6. The molecule has 2 aromatic carbocycles. The highest BCUT2D eigenvalue weighted by Gasteiger charge is 2.12. The van der Waals surface area contributed by atoms with Crippen LogP contribution in [0.2, 0.25) is 0 Å². The second kappa shape index (κ2) is 7.79. The summed E-state index contributed by atoms with van der Waals surface area (Å²) in [6.45, 7) is 0.0787. The zero-order chi connectivity index (χ0) is 19.3. The molecule has 0 radical (unpaired) electrons. The molecule has 0 saturated carbocycles. The summed E-state index contributed by atoms with van der Waals surface area (Å²) in [5.74, 6) is 0.535. The summed E-state index contributed by atoms with van der Waals surface area (Å²) in [5, 5.41) is 12.6. The number of para-hydroxylation sites is 1. The van der Waals surface area contributed by atoms with Crippen LogP contribution >= 0.6 is 0 Å². The third kappa shape index (κ3) is 3.93. The Bertz CT molecular complexity index is 1080. The van der Waals surface area contributed by atoms with E-state index in [2.05, 4.69) is 10.1 Å². The molecule has 4 rings (SSSR count). The smallest absolute Gasteiger partial charge is 0.252 e. The Hall–Kier alpha value is -3.87. The van der Waals surface area contributed by atoms with E-state index in [0.29, 0.717) is 22.8 Å². The van der Waals surface area contributed by atoms with Gasteiger partial charge in [0, 0.05) is 17.8 Å². The standard InChI is InChI=1S/C21H15FN2O4/c22-17-11-14(19-12-20(25)24-28-19)8-9-18(17)26-13-15-5-4-10-23-21(15)27-16-6-2-1-3-7-16/h1-12H,13H2,(H,24,25). The summed E-state index contributed by atoms with van der Waals surface area (Å²) in [6, 6.07) is 18.5. The van der Waals surface area contributed by atoms with E-state index in [0.717, 1.165) is 0 Å². The molecule has 0 bridgehead atoms. The lowest BCUT2D eigenvalue weighted by Gasteiger charge is -2.12. The van der Waals surface area contributed by atoms with Crippen molar-refractivity contribution in [2.24, 2.45) is 0 Å². The highest BCUT2D eigenvalue weighted by atomic mass is 19.1. The zero-order valence-electron chi connectivity index (χ0n) is 14.6. The van der Waals surface area contributed by atoms with Gasteiger partial charge in [-0.05, 0) is 47.6 Å². The SMILES string of the molecule is Oc1cc(-c2ccc(OCc3cccnc3Oc3ccccc3)c(F)c2)on1. The average molecular weight is 378 g/mol. The number of nitrogens with zero attached hydrogens (tertiary/aromatic N) is 2. The Kier molecular flexibility index (Phi) is 4.88. The maximum atomic E-state index is 14.4. The van der Waals surface area contributed by atoms with Crippen molar-refractivity contribution in [2.75, 3.05) is 0 Å². The van der Waals surface area contributed by atoms with Gasteiger partial charge in [-0.1, -0.05) is 18.2 Å². The van der Waals surface area contributed by atoms with Gasteiger partial charge in [0.25, 0.3) is 5.88 Å². The molecule has 0 aliphatic heterocycles. The van der Waals surface area contributed by atoms with Gasteiger partial charge in [0.05, 0.1) is 5.56 Å². The lowest BCUT2D eigenvalue weighted by Crippen LogP contribution is -2.01. The van der Waals surface area contributed by atoms with Gasteiger partial charge < -0.3 is 19.1 Å². The molecular formula is C21H15FN2O4. The van der Waals surface area contributed by atoms with Crippen LogP contribution in [0.1, 0.15) is 5.56 Å². The summed E-state index contributed by atoms with van der Waals surface area (Å²) >= 11 is 0. The van der Waals surface area contributed by atoms with E-state index in [1.54, 1.807) is 24.4 Å². The molecule has 4 aromatic rings. The van der Waals surface area contributed by atoms with Crippen molar-refractivity contribution >= 4 is 0 Å². The van der Waals surface area contributed by atoms with Crippen molar-refractivity contribution in [3.63, 3.8) is 0 Å². The molecule has 0 atom stereocenters. The fraction of sp³-hybridized carbons (Fsp3) is 0.0476. The fourth-order valence-corrected chi connectivity index (χ4v) is 2.55. The molecule has 0 amide bonds.